The quantitative estimate of drug-likeness (QED) is 0.892. The Balaban J connectivity index is 2.18. The van der Waals surface area contributed by atoms with E-state index in [0.717, 1.165) is 4.88 Å². The molecule has 1 aromatic heterocycles. The zero-order chi connectivity index (χ0) is 12.4. The Bertz CT molecular complexity index is 524. The Morgan fingerprint density at radius 3 is 2.76 bits per heavy atom. The lowest BCUT2D eigenvalue weighted by molar-refractivity contribution is 0.595. The second kappa shape index (κ2) is 5.17. The molecule has 0 bridgehead atoms. The van der Waals surface area contributed by atoms with Crippen LogP contribution in [-0.2, 0) is 6.42 Å². The molecule has 0 saturated heterocycles. The second-order valence-electron chi connectivity index (χ2n) is 3.97. The molecule has 1 atom stereocenters. The number of thiophene rings is 1. The lowest BCUT2D eigenvalue weighted by atomic mass is 10.0. The van der Waals surface area contributed by atoms with Crippen molar-refractivity contribution in [2.45, 2.75) is 19.4 Å². The van der Waals surface area contributed by atoms with Crippen molar-refractivity contribution in [1.29, 1.82) is 0 Å². The number of nitrogens with two attached hydrogens (primary N) is 1. The molecule has 1 nitrogen and oxygen atoms in total. The molecule has 0 spiro atoms. The molecule has 0 amide bonds. The second-order valence-corrected chi connectivity index (χ2v) is 5.70. The van der Waals surface area contributed by atoms with Gasteiger partial charge in [0.15, 0.2) is 0 Å². The Kier molecular flexibility index (Phi) is 3.82. The van der Waals surface area contributed by atoms with E-state index in [-0.39, 0.29) is 16.9 Å². The average Bonchev–Trinajstić information content (AvgIpc) is 2.72. The molecule has 0 saturated carbocycles. The molecule has 90 valence electrons. The van der Waals surface area contributed by atoms with Crippen LogP contribution in [0.15, 0.2) is 30.3 Å². The largest absolute Gasteiger partial charge is 0.323 e. The van der Waals surface area contributed by atoms with Crippen LogP contribution in [0.5, 0.6) is 0 Å². The van der Waals surface area contributed by atoms with Crippen molar-refractivity contribution in [1.82, 2.24) is 0 Å². The first-order chi connectivity index (χ1) is 8.08. The molecule has 0 aliphatic heterocycles. The number of halogens is 2. The first-order valence-electron chi connectivity index (χ1n) is 5.32. The van der Waals surface area contributed by atoms with E-state index >= 15 is 0 Å². The lowest BCUT2D eigenvalue weighted by Crippen LogP contribution is -2.12. The van der Waals surface area contributed by atoms with Gasteiger partial charge in [-0.05, 0) is 37.1 Å². The lowest BCUT2D eigenvalue weighted by Gasteiger charge is -2.10. The van der Waals surface area contributed by atoms with Gasteiger partial charge in [0.25, 0.3) is 0 Å². The van der Waals surface area contributed by atoms with Crippen molar-refractivity contribution < 1.29 is 4.39 Å². The predicted octanol–water partition coefficient (Wildman–Crippen LogP) is 4.09. The molecule has 1 heterocycles. The number of rotatable bonds is 3. The third kappa shape index (κ3) is 2.86. The monoisotopic (exact) mass is 269 g/mol. The summed E-state index contributed by atoms with van der Waals surface area (Å²) in [6.07, 6.45) is 0.465. The maximum absolute atomic E-state index is 13.7. The van der Waals surface area contributed by atoms with Crippen LogP contribution in [0, 0.1) is 12.7 Å². The molecule has 0 aliphatic carbocycles. The molecule has 2 N–H and O–H groups in total. The van der Waals surface area contributed by atoms with Gasteiger partial charge in [0.2, 0.25) is 0 Å². The molecule has 1 aromatic carbocycles. The first kappa shape index (κ1) is 12.6. The highest BCUT2D eigenvalue weighted by Gasteiger charge is 2.13. The predicted molar refractivity (Wildman–Crippen MR) is 71.1 cm³/mol. The van der Waals surface area contributed by atoms with E-state index in [1.807, 2.05) is 19.1 Å². The molecule has 4 heteroatoms. The van der Waals surface area contributed by atoms with E-state index in [1.165, 1.54) is 4.88 Å². The number of hydrogen-bond acceptors (Lipinski definition) is 2. The summed E-state index contributed by atoms with van der Waals surface area (Å²) >= 11 is 7.38. The van der Waals surface area contributed by atoms with Crippen molar-refractivity contribution in [3.8, 4) is 0 Å². The van der Waals surface area contributed by atoms with Crippen LogP contribution in [0.1, 0.15) is 21.4 Å². The average molecular weight is 270 g/mol. The Labute approximate surface area is 109 Å². The molecule has 2 rings (SSSR count). The smallest absolute Gasteiger partial charge is 0.145 e. The summed E-state index contributed by atoms with van der Waals surface area (Å²) in [5.74, 6) is -0.363. The van der Waals surface area contributed by atoms with Gasteiger partial charge in [0, 0.05) is 15.8 Å². The SMILES string of the molecule is Cc1ccc(C(N)Cc2cccc(Cl)c2F)s1. The van der Waals surface area contributed by atoms with Gasteiger partial charge < -0.3 is 5.73 Å². The first-order valence-corrected chi connectivity index (χ1v) is 6.52. The van der Waals surface area contributed by atoms with Crippen molar-refractivity contribution >= 4 is 22.9 Å². The fourth-order valence-corrected chi connectivity index (χ4v) is 2.77. The maximum atomic E-state index is 13.7. The standard InChI is InChI=1S/C13H13ClFNS/c1-8-5-6-12(17-8)11(16)7-9-3-2-4-10(14)13(9)15/h2-6,11H,7,16H2,1H3. The zero-order valence-corrected chi connectivity index (χ0v) is 11.0. The van der Waals surface area contributed by atoms with Crippen molar-refractivity contribution in [3.05, 3.63) is 56.5 Å². The summed E-state index contributed by atoms with van der Waals surface area (Å²) in [4.78, 5) is 2.28. The minimum atomic E-state index is -0.363. The van der Waals surface area contributed by atoms with E-state index in [9.17, 15) is 4.39 Å². The van der Waals surface area contributed by atoms with Crippen LogP contribution in [-0.4, -0.2) is 0 Å². The summed E-state index contributed by atoms with van der Waals surface area (Å²) in [6.45, 7) is 2.03. The van der Waals surface area contributed by atoms with E-state index in [2.05, 4.69) is 0 Å². The molecule has 17 heavy (non-hydrogen) atoms. The number of hydrogen-bond donors (Lipinski definition) is 1. The van der Waals surface area contributed by atoms with Crippen LogP contribution in [0.25, 0.3) is 0 Å². The highest BCUT2D eigenvalue weighted by Crippen LogP contribution is 2.26. The van der Waals surface area contributed by atoms with Crippen LogP contribution in [0.2, 0.25) is 5.02 Å². The molecular weight excluding hydrogens is 257 g/mol. The van der Waals surface area contributed by atoms with E-state index in [1.54, 1.807) is 29.5 Å². The van der Waals surface area contributed by atoms with Gasteiger partial charge in [0.05, 0.1) is 5.02 Å². The van der Waals surface area contributed by atoms with E-state index < -0.39 is 0 Å². The Morgan fingerprint density at radius 2 is 2.12 bits per heavy atom. The third-order valence-corrected chi connectivity index (χ3v) is 4.02. The van der Waals surface area contributed by atoms with E-state index in [0.29, 0.717) is 12.0 Å². The molecule has 0 aliphatic rings. The van der Waals surface area contributed by atoms with Crippen LogP contribution in [0.4, 0.5) is 4.39 Å². The molecule has 2 aromatic rings. The highest BCUT2D eigenvalue weighted by molar-refractivity contribution is 7.12. The van der Waals surface area contributed by atoms with Crippen LogP contribution in [0.3, 0.4) is 0 Å². The van der Waals surface area contributed by atoms with Gasteiger partial charge in [-0.15, -0.1) is 11.3 Å². The summed E-state index contributed by atoms with van der Waals surface area (Å²) in [5.41, 5.74) is 6.63. The van der Waals surface area contributed by atoms with Gasteiger partial charge in [-0.3, -0.25) is 0 Å². The summed E-state index contributed by atoms with van der Waals surface area (Å²) in [5, 5.41) is 0.150. The molecule has 1 unspecified atom stereocenters. The third-order valence-electron chi connectivity index (χ3n) is 2.60. The van der Waals surface area contributed by atoms with Crippen molar-refractivity contribution in [3.63, 3.8) is 0 Å². The fourth-order valence-electron chi connectivity index (χ4n) is 1.70. The summed E-state index contributed by atoms with van der Waals surface area (Å²) < 4.78 is 13.7. The summed E-state index contributed by atoms with van der Waals surface area (Å²) in [7, 11) is 0. The number of benzene rings is 1. The van der Waals surface area contributed by atoms with Crippen molar-refractivity contribution in [2.24, 2.45) is 5.73 Å². The molecule has 0 radical (unpaired) electrons. The summed E-state index contributed by atoms with van der Waals surface area (Å²) in [6, 6.07) is 8.85. The molecule has 0 fully saturated rings. The normalized spacial score (nSPS) is 12.7. The minimum absolute atomic E-state index is 0.150. The topological polar surface area (TPSA) is 26.0 Å². The zero-order valence-electron chi connectivity index (χ0n) is 9.41. The van der Waals surface area contributed by atoms with Gasteiger partial charge >= 0.3 is 0 Å². The highest BCUT2D eigenvalue weighted by atomic mass is 35.5. The van der Waals surface area contributed by atoms with Gasteiger partial charge in [-0.1, -0.05) is 23.7 Å². The number of aryl methyl sites for hydroxylation is 1. The Morgan fingerprint density at radius 1 is 1.35 bits per heavy atom. The van der Waals surface area contributed by atoms with Gasteiger partial charge in [-0.25, -0.2) is 4.39 Å². The van der Waals surface area contributed by atoms with Gasteiger partial charge in [0.1, 0.15) is 5.82 Å². The van der Waals surface area contributed by atoms with Crippen molar-refractivity contribution in [2.75, 3.05) is 0 Å². The van der Waals surface area contributed by atoms with Crippen LogP contribution >= 0.6 is 22.9 Å². The molecular formula is C13H13ClFNS. The van der Waals surface area contributed by atoms with Gasteiger partial charge in [-0.2, -0.15) is 0 Å². The van der Waals surface area contributed by atoms with E-state index in [4.69, 9.17) is 17.3 Å². The Hall–Kier alpha value is -0.900. The fraction of sp³-hybridized carbons (Fsp3) is 0.231. The minimum Gasteiger partial charge on any atom is -0.323 e. The van der Waals surface area contributed by atoms with Crippen LogP contribution < -0.4 is 5.73 Å². The maximum Gasteiger partial charge on any atom is 0.145 e.